The van der Waals surface area contributed by atoms with Gasteiger partial charge in [0.05, 0.1) is 11.6 Å². The molecule has 2 amide bonds. The monoisotopic (exact) mass is 442 g/mol. The van der Waals surface area contributed by atoms with Gasteiger partial charge in [0.1, 0.15) is 5.69 Å². The van der Waals surface area contributed by atoms with E-state index in [4.69, 9.17) is 0 Å². The average Bonchev–Trinajstić information content (AvgIpc) is 3.25. The molecule has 0 saturated carbocycles. The molecule has 1 aliphatic heterocycles. The van der Waals surface area contributed by atoms with Gasteiger partial charge in [0.2, 0.25) is 5.91 Å². The average molecular weight is 443 g/mol. The van der Waals surface area contributed by atoms with Crippen molar-refractivity contribution in [2.75, 3.05) is 13.1 Å². The van der Waals surface area contributed by atoms with Crippen LogP contribution in [0.2, 0.25) is 0 Å². The number of hydrogen-bond donors (Lipinski definition) is 1. The molecule has 0 spiro atoms. The van der Waals surface area contributed by atoms with Crippen LogP contribution in [0.4, 0.5) is 0 Å². The zero-order valence-electron chi connectivity index (χ0n) is 19.4. The van der Waals surface area contributed by atoms with Crippen LogP contribution in [0.25, 0.3) is 11.1 Å². The number of rotatable bonds is 6. The van der Waals surface area contributed by atoms with Gasteiger partial charge in [0.25, 0.3) is 5.91 Å². The lowest BCUT2D eigenvalue weighted by atomic mass is 9.79. The van der Waals surface area contributed by atoms with Crippen LogP contribution in [-0.4, -0.2) is 45.8 Å². The van der Waals surface area contributed by atoms with Gasteiger partial charge in [-0.2, -0.15) is 0 Å². The smallest absolute Gasteiger partial charge is 0.274 e. The number of hydrogen-bond acceptors (Lipinski definition) is 4. The third-order valence-corrected chi connectivity index (χ3v) is 6.18. The van der Waals surface area contributed by atoms with Crippen molar-refractivity contribution >= 4 is 11.8 Å². The second-order valence-electron chi connectivity index (χ2n) is 9.22. The second-order valence-corrected chi connectivity index (χ2v) is 9.22. The highest BCUT2D eigenvalue weighted by atomic mass is 16.2. The van der Waals surface area contributed by atoms with Crippen molar-refractivity contribution in [3.63, 3.8) is 0 Å². The highest BCUT2D eigenvalue weighted by molar-refractivity contribution is 5.93. The van der Waals surface area contributed by atoms with Crippen molar-refractivity contribution in [3.05, 3.63) is 83.9 Å². The third kappa shape index (κ3) is 5.11. The van der Waals surface area contributed by atoms with E-state index in [-0.39, 0.29) is 17.9 Å². The van der Waals surface area contributed by atoms with Crippen LogP contribution in [0.3, 0.4) is 0 Å². The molecule has 4 rings (SSSR count). The van der Waals surface area contributed by atoms with E-state index in [0.717, 1.165) is 16.7 Å². The Kier molecular flexibility index (Phi) is 6.54. The summed E-state index contributed by atoms with van der Waals surface area (Å²) in [7, 11) is 0. The molecule has 0 bridgehead atoms. The lowest BCUT2D eigenvalue weighted by Crippen LogP contribution is -2.47. The standard InChI is InChI=1S/C27H30N4O2/c1-19(2)30-26(33)27(11-14-31(18-27)25(32)24-17-28-12-13-29-24)16-21-5-4-6-23(15-21)22-9-7-20(3)8-10-22/h4-10,12-13,15,17,19H,11,14,16,18H2,1-3H3,(H,30,33)/t27-/m0/s1. The summed E-state index contributed by atoms with van der Waals surface area (Å²) in [6, 6.07) is 16.8. The Hall–Kier alpha value is -3.54. The zero-order valence-corrected chi connectivity index (χ0v) is 19.4. The van der Waals surface area contributed by atoms with Crippen LogP contribution in [0.5, 0.6) is 0 Å². The van der Waals surface area contributed by atoms with Gasteiger partial charge in [-0.15, -0.1) is 0 Å². The molecule has 1 atom stereocenters. The molecule has 0 unspecified atom stereocenters. The van der Waals surface area contributed by atoms with E-state index in [1.807, 2.05) is 19.9 Å². The molecular formula is C27H30N4O2. The fraction of sp³-hybridized carbons (Fsp3) is 0.333. The minimum absolute atomic E-state index is 0.00677. The molecule has 6 heteroatoms. The summed E-state index contributed by atoms with van der Waals surface area (Å²) in [4.78, 5) is 36.3. The number of nitrogens with one attached hydrogen (secondary N) is 1. The van der Waals surface area contributed by atoms with E-state index >= 15 is 0 Å². The lowest BCUT2D eigenvalue weighted by Gasteiger charge is -2.29. The molecule has 33 heavy (non-hydrogen) atoms. The molecule has 3 aromatic rings. The molecule has 2 heterocycles. The number of benzene rings is 2. The third-order valence-electron chi connectivity index (χ3n) is 6.18. The van der Waals surface area contributed by atoms with Crippen molar-refractivity contribution in [1.82, 2.24) is 20.2 Å². The summed E-state index contributed by atoms with van der Waals surface area (Å²) in [5, 5.41) is 3.09. The Balaban J connectivity index is 1.61. The van der Waals surface area contributed by atoms with E-state index in [2.05, 4.69) is 64.7 Å². The maximum Gasteiger partial charge on any atom is 0.274 e. The minimum Gasteiger partial charge on any atom is -0.353 e. The SMILES string of the molecule is Cc1ccc(-c2cccc(C[C@@]3(C(=O)NC(C)C)CCN(C(=O)c4cnccn4)C3)c2)cc1. The van der Waals surface area contributed by atoms with Crippen molar-refractivity contribution in [1.29, 1.82) is 0 Å². The summed E-state index contributed by atoms with van der Waals surface area (Å²) >= 11 is 0. The molecular weight excluding hydrogens is 412 g/mol. The first kappa shape index (κ1) is 22.6. The molecule has 1 saturated heterocycles. The maximum atomic E-state index is 13.4. The van der Waals surface area contributed by atoms with Crippen molar-refractivity contribution < 1.29 is 9.59 Å². The summed E-state index contributed by atoms with van der Waals surface area (Å²) in [5.41, 5.74) is 4.19. The number of amides is 2. The van der Waals surface area contributed by atoms with Gasteiger partial charge >= 0.3 is 0 Å². The van der Waals surface area contributed by atoms with E-state index in [0.29, 0.717) is 31.6 Å². The van der Waals surface area contributed by atoms with Crippen molar-refractivity contribution in [3.8, 4) is 11.1 Å². The van der Waals surface area contributed by atoms with E-state index < -0.39 is 5.41 Å². The van der Waals surface area contributed by atoms with Gasteiger partial charge in [-0.1, -0.05) is 54.1 Å². The van der Waals surface area contributed by atoms with Crippen LogP contribution in [0.1, 0.15) is 41.9 Å². The van der Waals surface area contributed by atoms with E-state index in [1.54, 1.807) is 11.1 Å². The van der Waals surface area contributed by atoms with Gasteiger partial charge < -0.3 is 10.2 Å². The van der Waals surface area contributed by atoms with Crippen LogP contribution in [0.15, 0.2) is 67.1 Å². The lowest BCUT2D eigenvalue weighted by molar-refractivity contribution is -0.130. The first-order valence-corrected chi connectivity index (χ1v) is 11.4. The van der Waals surface area contributed by atoms with Crippen LogP contribution >= 0.6 is 0 Å². The molecule has 1 aliphatic rings. The Labute approximate surface area is 195 Å². The van der Waals surface area contributed by atoms with Gasteiger partial charge in [-0.05, 0) is 50.3 Å². The summed E-state index contributed by atoms with van der Waals surface area (Å²) in [5.74, 6) is -0.191. The molecule has 1 aromatic heterocycles. The number of aromatic nitrogens is 2. The first-order valence-electron chi connectivity index (χ1n) is 11.4. The van der Waals surface area contributed by atoms with Crippen molar-refractivity contribution in [2.24, 2.45) is 5.41 Å². The van der Waals surface area contributed by atoms with Gasteiger partial charge in [0.15, 0.2) is 0 Å². The molecule has 1 fully saturated rings. The second kappa shape index (κ2) is 9.53. The fourth-order valence-electron chi connectivity index (χ4n) is 4.44. The predicted molar refractivity (Wildman–Crippen MR) is 129 cm³/mol. The topological polar surface area (TPSA) is 75.2 Å². The Bertz CT molecular complexity index is 1130. The van der Waals surface area contributed by atoms with Crippen molar-refractivity contribution in [2.45, 2.75) is 39.7 Å². The summed E-state index contributed by atoms with van der Waals surface area (Å²) in [6.45, 7) is 6.86. The Morgan fingerprint density at radius 1 is 1.09 bits per heavy atom. The van der Waals surface area contributed by atoms with Gasteiger partial charge in [-0.3, -0.25) is 14.6 Å². The quantitative estimate of drug-likeness (QED) is 0.625. The first-order chi connectivity index (χ1) is 15.9. The molecule has 6 nitrogen and oxygen atoms in total. The van der Waals surface area contributed by atoms with Crippen LogP contribution < -0.4 is 5.32 Å². The zero-order chi connectivity index (χ0) is 23.4. The number of aryl methyl sites for hydroxylation is 1. The molecule has 0 aliphatic carbocycles. The highest BCUT2D eigenvalue weighted by Crippen LogP contribution is 2.36. The largest absolute Gasteiger partial charge is 0.353 e. The molecule has 0 radical (unpaired) electrons. The fourth-order valence-corrected chi connectivity index (χ4v) is 4.44. The van der Waals surface area contributed by atoms with Crippen LogP contribution in [0, 0.1) is 12.3 Å². The van der Waals surface area contributed by atoms with Gasteiger partial charge in [0, 0.05) is 31.5 Å². The number of carbonyl (C=O) groups excluding carboxylic acids is 2. The predicted octanol–water partition coefficient (Wildman–Crippen LogP) is 4.05. The molecule has 170 valence electrons. The molecule has 2 aromatic carbocycles. The van der Waals surface area contributed by atoms with Crippen LogP contribution in [-0.2, 0) is 11.2 Å². The summed E-state index contributed by atoms with van der Waals surface area (Å²) in [6.07, 6.45) is 5.70. The summed E-state index contributed by atoms with van der Waals surface area (Å²) < 4.78 is 0. The molecule has 1 N–H and O–H groups in total. The minimum atomic E-state index is -0.686. The number of nitrogens with zero attached hydrogens (tertiary/aromatic N) is 3. The Morgan fingerprint density at radius 2 is 1.88 bits per heavy atom. The number of carbonyl (C=O) groups is 2. The van der Waals surface area contributed by atoms with E-state index in [1.165, 1.54) is 18.0 Å². The normalized spacial score (nSPS) is 17.9. The maximum absolute atomic E-state index is 13.4. The Morgan fingerprint density at radius 3 is 2.58 bits per heavy atom. The highest BCUT2D eigenvalue weighted by Gasteiger charge is 2.46. The van der Waals surface area contributed by atoms with E-state index in [9.17, 15) is 9.59 Å². The van der Waals surface area contributed by atoms with Gasteiger partial charge in [-0.25, -0.2) is 4.98 Å². The number of likely N-dealkylation sites (tertiary alicyclic amines) is 1.